The van der Waals surface area contributed by atoms with Crippen LogP contribution in [0.5, 0.6) is 0 Å². The summed E-state index contributed by atoms with van der Waals surface area (Å²) in [4.78, 5) is 23.9. The zero-order valence-electron chi connectivity index (χ0n) is 20.2. The Hall–Kier alpha value is -1.94. The number of esters is 1. The molecule has 0 radical (unpaired) electrons. The number of rotatable bonds is 15. The molecule has 0 saturated heterocycles. The van der Waals surface area contributed by atoms with Gasteiger partial charge in [-0.3, -0.25) is 9.59 Å². The van der Waals surface area contributed by atoms with Gasteiger partial charge in [0.1, 0.15) is 0 Å². The van der Waals surface area contributed by atoms with Gasteiger partial charge in [0, 0.05) is 6.42 Å². The van der Waals surface area contributed by atoms with E-state index in [0.717, 1.165) is 38.5 Å². The number of ether oxygens (including phenoxy) is 1. The second-order valence-electron chi connectivity index (χ2n) is 9.59. The van der Waals surface area contributed by atoms with Crippen LogP contribution in [0.3, 0.4) is 0 Å². The molecule has 0 heterocycles. The number of allylic oxidation sites excluding steroid dienone is 2. The summed E-state index contributed by atoms with van der Waals surface area (Å²) in [5.74, 6) is -0.207. The lowest BCUT2D eigenvalue weighted by Gasteiger charge is -2.23. The van der Waals surface area contributed by atoms with Gasteiger partial charge in [-0.25, -0.2) is 0 Å². The van der Waals surface area contributed by atoms with Gasteiger partial charge in [0.2, 0.25) is 0 Å². The summed E-state index contributed by atoms with van der Waals surface area (Å²) in [5.41, 5.74) is 2.70. The van der Waals surface area contributed by atoms with Crippen LogP contribution in [-0.4, -0.2) is 29.1 Å². The molecule has 1 aliphatic carbocycles. The Morgan fingerprint density at radius 3 is 2.41 bits per heavy atom. The van der Waals surface area contributed by atoms with Crippen molar-refractivity contribution in [3.05, 3.63) is 47.5 Å². The second kappa shape index (κ2) is 14.3. The summed E-state index contributed by atoms with van der Waals surface area (Å²) < 4.78 is 5.13. The summed E-state index contributed by atoms with van der Waals surface area (Å²) in [7, 11) is 0. The van der Waals surface area contributed by atoms with Crippen molar-refractivity contribution >= 4 is 11.8 Å². The predicted octanol–water partition coefficient (Wildman–Crippen LogP) is 6.12. The number of aryl methyl sites for hydroxylation is 2. The normalized spacial score (nSPS) is 19.0. The number of aliphatic hydroxyl groups is 1. The molecule has 1 unspecified atom stereocenters. The van der Waals surface area contributed by atoms with E-state index >= 15 is 0 Å². The molecular formula is C28H42O4. The Morgan fingerprint density at radius 1 is 1.00 bits per heavy atom. The molecule has 4 heteroatoms. The average Bonchev–Trinajstić information content (AvgIpc) is 3.11. The molecule has 178 valence electrons. The monoisotopic (exact) mass is 442 g/mol. The number of carbonyl (C=O) groups excluding carboxylic acids is 2. The number of carbonyl (C=O) groups is 2. The van der Waals surface area contributed by atoms with Gasteiger partial charge in [-0.1, -0.05) is 68.0 Å². The fraction of sp³-hybridized carbons (Fsp3) is 0.643. The number of ketones is 1. The van der Waals surface area contributed by atoms with Crippen molar-refractivity contribution in [3.8, 4) is 0 Å². The Morgan fingerprint density at radius 2 is 1.69 bits per heavy atom. The van der Waals surface area contributed by atoms with E-state index < -0.39 is 6.10 Å². The molecule has 4 nitrogen and oxygen atoms in total. The van der Waals surface area contributed by atoms with Crippen LogP contribution in [-0.2, 0) is 20.7 Å². The van der Waals surface area contributed by atoms with Gasteiger partial charge < -0.3 is 9.84 Å². The van der Waals surface area contributed by atoms with Gasteiger partial charge in [0.25, 0.3) is 0 Å². The number of benzene rings is 1. The third-order valence-electron chi connectivity index (χ3n) is 6.33. The van der Waals surface area contributed by atoms with E-state index in [2.05, 4.69) is 31.2 Å². The molecule has 0 fully saturated rings. The topological polar surface area (TPSA) is 63.6 Å². The SMILES string of the molecule is Cc1ccc(CCCCCC[C@@H]2C=CC(=O)C2[C@@H](O)CCCCCC(=O)OC(C)C)cc1. The lowest BCUT2D eigenvalue weighted by Crippen LogP contribution is -2.30. The van der Waals surface area contributed by atoms with Crippen LogP contribution in [0.25, 0.3) is 0 Å². The fourth-order valence-electron chi connectivity index (χ4n) is 4.53. The van der Waals surface area contributed by atoms with Gasteiger partial charge in [0.15, 0.2) is 5.78 Å². The Labute approximate surface area is 194 Å². The van der Waals surface area contributed by atoms with Crippen molar-refractivity contribution in [1.29, 1.82) is 0 Å². The van der Waals surface area contributed by atoms with Gasteiger partial charge >= 0.3 is 5.97 Å². The molecule has 0 amide bonds. The van der Waals surface area contributed by atoms with E-state index in [4.69, 9.17) is 4.74 Å². The lowest BCUT2D eigenvalue weighted by molar-refractivity contribution is -0.147. The molecule has 1 N–H and O–H groups in total. The van der Waals surface area contributed by atoms with Gasteiger partial charge in [-0.05, 0) is 70.4 Å². The van der Waals surface area contributed by atoms with Crippen molar-refractivity contribution in [2.24, 2.45) is 11.8 Å². The van der Waals surface area contributed by atoms with Crippen molar-refractivity contribution in [1.82, 2.24) is 0 Å². The number of aliphatic hydroxyl groups excluding tert-OH is 1. The maximum Gasteiger partial charge on any atom is 0.306 e. The number of hydrogen-bond acceptors (Lipinski definition) is 4. The first-order valence-corrected chi connectivity index (χ1v) is 12.5. The summed E-state index contributed by atoms with van der Waals surface area (Å²) in [5, 5.41) is 10.7. The van der Waals surface area contributed by atoms with Gasteiger partial charge in [0.05, 0.1) is 18.1 Å². The second-order valence-corrected chi connectivity index (χ2v) is 9.59. The van der Waals surface area contributed by atoms with Crippen molar-refractivity contribution in [2.45, 2.75) is 104 Å². The third kappa shape index (κ3) is 9.68. The predicted molar refractivity (Wildman–Crippen MR) is 129 cm³/mol. The summed E-state index contributed by atoms with van der Waals surface area (Å²) in [6.45, 7) is 5.81. The highest BCUT2D eigenvalue weighted by Crippen LogP contribution is 2.32. The largest absolute Gasteiger partial charge is 0.463 e. The minimum absolute atomic E-state index is 0.0717. The fourth-order valence-corrected chi connectivity index (χ4v) is 4.53. The Bertz CT molecular complexity index is 719. The smallest absolute Gasteiger partial charge is 0.306 e. The van der Waals surface area contributed by atoms with Crippen LogP contribution < -0.4 is 0 Å². The molecule has 1 aromatic rings. The highest BCUT2D eigenvalue weighted by Gasteiger charge is 2.35. The highest BCUT2D eigenvalue weighted by molar-refractivity contribution is 5.95. The molecule has 1 aromatic carbocycles. The van der Waals surface area contributed by atoms with E-state index in [0.29, 0.717) is 12.8 Å². The van der Waals surface area contributed by atoms with E-state index in [1.165, 1.54) is 30.4 Å². The summed E-state index contributed by atoms with van der Waals surface area (Å²) >= 11 is 0. The van der Waals surface area contributed by atoms with Crippen LogP contribution in [0.4, 0.5) is 0 Å². The minimum Gasteiger partial charge on any atom is -0.463 e. The minimum atomic E-state index is -0.591. The first-order chi connectivity index (χ1) is 15.4. The maximum absolute atomic E-state index is 12.3. The maximum atomic E-state index is 12.3. The Balaban J connectivity index is 1.59. The molecule has 0 bridgehead atoms. The van der Waals surface area contributed by atoms with Crippen LogP contribution >= 0.6 is 0 Å². The third-order valence-corrected chi connectivity index (χ3v) is 6.33. The van der Waals surface area contributed by atoms with Crippen LogP contribution in [0.1, 0.15) is 89.2 Å². The molecule has 0 aliphatic heterocycles. The summed E-state index contributed by atoms with van der Waals surface area (Å²) in [6, 6.07) is 8.78. The molecular weight excluding hydrogens is 400 g/mol. The van der Waals surface area contributed by atoms with Crippen molar-refractivity contribution < 1.29 is 19.4 Å². The average molecular weight is 443 g/mol. The standard InChI is InChI=1S/C28H42O4/c1-21(2)32-27(31)14-10-6-9-13-25(29)28-24(19-20-26(28)30)12-8-5-4-7-11-23-17-15-22(3)16-18-23/h15-21,24-25,28-29H,4-14H2,1-3H3/t24-,25+,28?/m1/s1. The molecule has 0 saturated carbocycles. The van der Waals surface area contributed by atoms with E-state index in [-0.39, 0.29) is 29.7 Å². The molecule has 3 atom stereocenters. The lowest BCUT2D eigenvalue weighted by atomic mass is 9.83. The zero-order chi connectivity index (χ0) is 23.3. The van der Waals surface area contributed by atoms with Crippen LogP contribution in [0.15, 0.2) is 36.4 Å². The molecule has 0 aromatic heterocycles. The number of unbranched alkanes of at least 4 members (excludes halogenated alkanes) is 5. The quantitative estimate of drug-likeness (QED) is 0.262. The van der Waals surface area contributed by atoms with E-state index in [9.17, 15) is 14.7 Å². The van der Waals surface area contributed by atoms with E-state index in [1.54, 1.807) is 6.08 Å². The van der Waals surface area contributed by atoms with Crippen molar-refractivity contribution in [2.75, 3.05) is 0 Å². The van der Waals surface area contributed by atoms with Crippen molar-refractivity contribution in [3.63, 3.8) is 0 Å². The van der Waals surface area contributed by atoms with E-state index in [1.807, 2.05) is 19.9 Å². The molecule has 1 aliphatic rings. The summed E-state index contributed by atoms with van der Waals surface area (Å²) in [6.07, 6.45) is 13.2. The van der Waals surface area contributed by atoms with Gasteiger partial charge in [-0.2, -0.15) is 0 Å². The van der Waals surface area contributed by atoms with Gasteiger partial charge in [-0.15, -0.1) is 0 Å². The first kappa shape index (κ1) is 26.3. The molecule has 32 heavy (non-hydrogen) atoms. The molecule has 0 spiro atoms. The first-order valence-electron chi connectivity index (χ1n) is 12.5. The highest BCUT2D eigenvalue weighted by atomic mass is 16.5. The number of hydrogen-bond donors (Lipinski definition) is 1. The van der Waals surface area contributed by atoms with Crippen LogP contribution in [0, 0.1) is 18.8 Å². The molecule has 2 rings (SSSR count). The van der Waals surface area contributed by atoms with Crippen LogP contribution in [0.2, 0.25) is 0 Å². The zero-order valence-corrected chi connectivity index (χ0v) is 20.2. The Kier molecular flexibility index (Phi) is 11.7.